The van der Waals surface area contributed by atoms with Crippen molar-refractivity contribution in [3.05, 3.63) is 30.3 Å². The van der Waals surface area contributed by atoms with Crippen molar-refractivity contribution in [2.24, 2.45) is 10.2 Å². The van der Waals surface area contributed by atoms with Crippen molar-refractivity contribution in [1.82, 2.24) is 0 Å². The Balaban J connectivity index is 2.64. The summed E-state index contributed by atoms with van der Waals surface area (Å²) in [4.78, 5) is 13.5. The third kappa shape index (κ3) is 2.47. The van der Waals surface area contributed by atoms with Gasteiger partial charge < -0.3 is 0 Å². The topological polar surface area (TPSA) is 71.2 Å². The van der Waals surface area contributed by atoms with Crippen molar-refractivity contribution in [2.75, 3.05) is 0 Å². The number of rotatable bonds is 1. The number of hydrogen-bond donors (Lipinski definition) is 1. The molecule has 0 radical (unpaired) electrons. The van der Waals surface area contributed by atoms with Gasteiger partial charge in [-0.05, 0) is 12.1 Å². The highest BCUT2D eigenvalue weighted by Crippen LogP contribution is 2.09. The molecule has 0 aliphatic carbocycles. The second-order valence-electron chi connectivity index (χ2n) is 1.89. The number of carbonyl (C=O) groups excluding carboxylic acids is 1. The van der Waals surface area contributed by atoms with Gasteiger partial charge in [-0.1, -0.05) is 23.3 Å². The molecule has 0 spiro atoms. The van der Waals surface area contributed by atoms with Gasteiger partial charge in [0.25, 0.3) is 0 Å². The van der Waals surface area contributed by atoms with Crippen molar-refractivity contribution >= 4 is 11.8 Å². The monoisotopic (exact) mass is 166 g/mol. The summed E-state index contributed by atoms with van der Waals surface area (Å²) in [5.41, 5.74) is 0.517. The molecule has 1 rings (SSSR count). The van der Waals surface area contributed by atoms with E-state index in [1.54, 1.807) is 24.3 Å². The standard InChI is InChI=1S/C7H6N2O3/c10-7(12-11)9-8-6-4-2-1-3-5-6/h1-5,11H. The van der Waals surface area contributed by atoms with E-state index in [0.717, 1.165) is 0 Å². The maximum Gasteiger partial charge on any atom is 0.483 e. The molecule has 0 atom stereocenters. The first-order chi connectivity index (χ1) is 5.83. The first-order valence-corrected chi connectivity index (χ1v) is 3.15. The fourth-order valence-electron chi connectivity index (χ4n) is 0.611. The Morgan fingerprint density at radius 3 is 2.58 bits per heavy atom. The number of hydrogen-bond acceptors (Lipinski definition) is 4. The lowest BCUT2D eigenvalue weighted by Gasteiger charge is -1.87. The van der Waals surface area contributed by atoms with Gasteiger partial charge >= 0.3 is 6.09 Å². The summed E-state index contributed by atoms with van der Waals surface area (Å²) in [6.45, 7) is 0. The van der Waals surface area contributed by atoms with Crippen LogP contribution in [0.1, 0.15) is 0 Å². The van der Waals surface area contributed by atoms with Crippen LogP contribution in [0.25, 0.3) is 0 Å². The Morgan fingerprint density at radius 1 is 1.33 bits per heavy atom. The van der Waals surface area contributed by atoms with Gasteiger partial charge in [0, 0.05) is 0 Å². The van der Waals surface area contributed by atoms with Crippen LogP contribution in [0.15, 0.2) is 40.6 Å². The van der Waals surface area contributed by atoms with Gasteiger partial charge in [-0.15, -0.1) is 5.11 Å². The van der Waals surface area contributed by atoms with E-state index in [-0.39, 0.29) is 0 Å². The highest BCUT2D eigenvalue weighted by molar-refractivity contribution is 5.67. The normalized spacial score (nSPS) is 10.1. The Hall–Kier alpha value is -1.75. The van der Waals surface area contributed by atoms with Crippen LogP contribution in [0.2, 0.25) is 0 Å². The summed E-state index contributed by atoms with van der Waals surface area (Å²) in [6.07, 6.45) is -1.14. The Morgan fingerprint density at radius 2 is 2.00 bits per heavy atom. The number of azo groups is 1. The lowest BCUT2D eigenvalue weighted by atomic mass is 10.3. The summed E-state index contributed by atoms with van der Waals surface area (Å²) in [7, 11) is 0. The van der Waals surface area contributed by atoms with Crippen molar-refractivity contribution in [3.8, 4) is 0 Å². The molecule has 1 N–H and O–H groups in total. The molecule has 0 saturated carbocycles. The van der Waals surface area contributed by atoms with Crippen LogP contribution in [0.3, 0.4) is 0 Å². The molecule has 62 valence electrons. The minimum Gasteiger partial charge on any atom is -0.275 e. The zero-order chi connectivity index (χ0) is 8.81. The third-order valence-electron chi connectivity index (χ3n) is 1.08. The number of carbonyl (C=O) groups is 1. The van der Waals surface area contributed by atoms with Crippen molar-refractivity contribution in [3.63, 3.8) is 0 Å². The smallest absolute Gasteiger partial charge is 0.275 e. The molecular weight excluding hydrogens is 160 g/mol. The third-order valence-corrected chi connectivity index (χ3v) is 1.08. The van der Waals surface area contributed by atoms with Crippen LogP contribution in [-0.4, -0.2) is 11.4 Å². The van der Waals surface area contributed by atoms with E-state index in [4.69, 9.17) is 5.26 Å². The van der Waals surface area contributed by atoms with E-state index < -0.39 is 6.09 Å². The first kappa shape index (κ1) is 8.35. The molecule has 0 fully saturated rings. The van der Waals surface area contributed by atoms with E-state index in [1.807, 2.05) is 6.07 Å². The van der Waals surface area contributed by atoms with Gasteiger partial charge in [-0.2, -0.15) is 5.26 Å². The molecule has 1 aromatic carbocycles. The predicted molar refractivity (Wildman–Crippen MR) is 40.1 cm³/mol. The second kappa shape index (κ2) is 4.20. The molecule has 1 aromatic rings. The molecule has 12 heavy (non-hydrogen) atoms. The van der Waals surface area contributed by atoms with Crippen molar-refractivity contribution < 1.29 is 14.9 Å². The second-order valence-corrected chi connectivity index (χ2v) is 1.89. The number of benzene rings is 1. The fraction of sp³-hybridized carbons (Fsp3) is 0. The van der Waals surface area contributed by atoms with E-state index in [1.165, 1.54) is 0 Å². The Kier molecular flexibility index (Phi) is 2.92. The largest absolute Gasteiger partial charge is 0.483 e. The Bertz CT molecular complexity index is 284. The fourth-order valence-corrected chi connectivity index (χ4v) is 0.611. The SMILES string of the molecule is O=C(N=Nc1ccccc1)OO. The average Bonchev–Trinajstić information content (AvgIpc) is 2.16. The lowest BCUT2D eigenvalue weighted by molar-refractivity contribution is -0.174. The van der Waals surface area contributed by atoms with E-state index in [0.29, 0.717) is 5.69 Å². The molecule has 0 saturated heterocycles. The summed E-state index contributed by atoms with van der Waals surface area (Å²) in [5, 5.41) is 14.3. The van der Waals surface area contributed by atoms with Gasteiger partial charge in [-0.25, -0.2) is 4.79 Å². The van der Waals surface area contributed by atoms with Crippen LogP contribution in [0.5, 0.6) is 0 Å². The molecular formula is C7H6N2O3. The van der Waals surface area contributed by atoms with Gasteiger partial charge in [0.1, 0.15) is 0 Å². The van der Waals surface area contributed by atoms with Gasteiger partial charge in [0.05, 0.1) is 5.69 Å². The number of amides is 1. The quantitative estimate of drug-likeness (QED) is 0.395. The predicted octanol–water partition coefficient (Wildman–Crippen LogP) is 2.38. The van der Waals surface area contributed by atoms with Crippen molar-refractivity contribution in [2.45, 2.75) is 0 Å². The minimum atomic E-state index is -1.14. The van der Waals surface area contributed by atoms with Crippen LogP contribution in [-0.2, 0) is 4.89 Å². The van der Waals surface area contributed by atoms with Gasteiger partial charge in [-0.3, -0.25) is 4.89 Å². The Labute approximate surface area is 68.2 Å². The van der Waals surface area contributed by atoms with E-state index in [2.05, 4.69) is 15.1 Å². The number of nitrogens with zero attached hydrogens (tertiary/aromatic N) is 2. The molecule has 5 nitrogen and oxygen atoms in total. The van der Waals surface area contributed by atoms with Crippen molar-refractivity contribution in [1.29, 1.82) is 0 Å². The first-order valence-electron chi connectivity index (χ1n) is 3.15. The van der Waals surface area contributed by atoms with Gasteiger partial charge in [0.15, 0.2) is 0 Å². The van der Waals surface area contributed by atoms with Crippen LogP contribution < -0.4 is 0 Å². The zero-order valence-corrected chi connectivity index (χ0v) is 6.04. The molecule has 0 bridgehead atoms. The molecule has 0 unspecified atom stereocenters. The summed E-state index contributed by atoms with van der Waals surface area (Å²) in [6, 6.07) is 8.63. The molecule has 0 heterocycles. The van der Waals surface area contributed by atoms with E-state index >= 15 is 0 Å². The molecule has 0 aromatic heterocycles. The molecule has 0 aliphatic heterocycles. The van der Waals surface area contributed by atoms with E-state index in [9.17, 15) is 4.79 Å². The summed E-state index contributed by atoms with van der Waals surface area (Å²) >= 11 is 0. The molecule has 1 amide bonds. The maximum atomic E-state index is 10.3. The molecule has 0 aliphatic rings. The summed E-state index contributed by atoms with van der Waals surface area (Å²) in [5.74, 6) is 0. The van der Waals surface area contributed by atoms with Crippen LogP contribution in [0.4, 0.5) is 10.5 Å². The van der Waals surface area contributed by atoms with Gasteiger partial charge in [0.2, 0.25) is 0 Å². The zero-order valence-electron chi connectivity index (χ0n) is 6.04. The lowest BCUT2D eigenvalue weighted by Crippen LogP contribution is -1.90. The summed E-state index contributed by atoms with van der Waals surface area (Å²) < 4.78 is 0. The molecule has 5 heteroatoms. The van der Waals surface area contributed by atoms with Crippen LogP contribution in [0, 0.1) is 0 Å². The maximum absolute atomic E-state index is 10.3. The average molecular weight is 166 g/mol. The highest BCUT2D eigenvalue weighted by Gasteiger charge is 1.95. The highest BCUT2D eigenvalue weighted by atomic mass is 17.1. The van der Waals surface area contributed by atoms with Crippen LogP contribution >= 0.6 is 0 Å². The minimum absolute atomic E-state index is 0.517.